The highest BCUT2D eigenvalue weighted by Crippen LogP contribution is 2.03. The van der Waals surface area contributed by atoms with Crippen LogP contribution in [0.2, 0.25) is 0 Å². The first kappa shape index (κ1) is 10.2. The van der Waals surface area contributed by atoms with E-state index in [9.17, 15) is 0 Å². The number of aliphatic hydroxyl groups is 1. The van der Waals surface area contributed by atoms with Crippen molar-refractivity contribution in [2.24, 2.45) is 5.92 Å². The summed E-state index contributed by atoms with van der Waals surface area (Å²) >= 11 is 0. The van der Waals surface area contributed by atoms with Crippen LogP contribution in [0, 0.1) is 5.92 Å². The zero-order valence-electron chi connectivity index (χ0n) is 8.19. The number of aromatic nitrogens is 1. The van der Waals surface area contributed by atoms with Gasteiger partial charge in [0.25, 0.3) is 0 Å². The van der Waals surface area contributed by atoms with Crippen LogP contribution >= 0.6 is 0 Å². The molecule has 0 aliphatic carbocycles. The van der Waals surface area contributed by atoms with E-state index < -0.39 is 0 Å². The molecule has 0 bridgehead atoms. The van der Waals surface area contributed by atoms with E-state index in [0.717, 1.165) is 19.4 Å². The van der Waals surface area contributed by atoms with Crippen molar-refractivity contribution in [2.75, 3.05) is 6.61 Å². The van der Waals surface area contributed by atoms with Crippen molar-refractivity contribution in [3.05, 3.63) is 30.6 Å². The molecular formula is C11H18NO+. The standard InChI is InChI=1S/C11H18NO/c1-11(10-13)6-5-9-12-7-3-2-4-8-12/h2-4,7-8,11,13H,5-6,9-10H2,1H3/q+1. The van der Waals surface area contributed by atoms with Crippen LogP contribution in [0.25, 0.3) is 0 Å². The summed E-state index contributed by atoms with van der Waals surface area (Å²) in [5.74, 6) is 0.435. The monoisotopic (exact) mass is 180 g/mol. The molecule has 0 aromatic carbocycles. The number of hydrogen-bond donors (Lipinski definition) is 1. The zero-order valence-corrected chi connectivity index (χ0v) is 8.19. The third-order valence-electron chi connectivity index (χ3n) is 2.20. The molecule has 2 heteroatoms. The molecule has 1 rings (SSSR count). The molecule has 72 valence electrons. The lowest BCUT2D eigenvalue weighted by Gasteiger charge is -2.04. The van der Waals surface area contributed by atoms with Gasteiger partial charge >= 0.3 is 0 Å². The van der Waals surface area contributed by atoms with Crippen LogP contribution in [0.1, 0.15) is 19.8 Å². The predicted octanol–water partition coefficient (Wildman–Crippen LogP) is 1.38. The Bertz CT molecular complexity index is 223. The van der Waals surface area contributed by atoms with Gasteiger partial charge in [-0.1, -0.05) is 13.0 Å². The average Bonchev–Trinajstić information content (AvgIpc) is 2.19. The Morgan fingerprint density at radius 3 is 2.54 bits per heavy atom. The molecule has 1 aromatic heterocycles. The molecule has 0 aliphatic heterocycles. The predicted molar refractivity (Wildman–Crippen MR) is 52.1 cm³/mol. The summed E-state index contributed by atoms with van der Waals surface area (Å²) in [6, 6.07) is 6.10. The molecule has 2 nitrogen and oxygen atoms in total. The van der Waals surface area contributed by atoms with Crippen LogP contribution in [0.5, 0.6) is 0 Å². The van der Waals surface area contributed by atoms with Gasteiger partial charge in [-0.2, -0.15) is 0 Å². The Kier molecular flexibility index (Phi) is 4.47. The van der Waals surface area contributed by atoms with Crippen molar-refractivity contribution in [1.82, 2.24) is 0 Å². The smallest absolute Gasteiger partial charge is 0.168 e. The van der Waals surface area contributed by atoms with Gasteiger partial charge in [-0.15, -0.1) is 0 Å². The number of nitrogens with zero attached hydrogens (tertiary/aromatic N) is 1. The fraction of sp³-hybridized carbons (Fsp3) is 0.545. The summed E-state index contributed by atoms with van der Waals surface area (Å²) in [5, 5.41) is 8.83. The van der Waals surface area contributed by atoms with Gasteiger partial charge in [0.1, 0.15) is 6.54 Å². The van der Waals surface area contributed by atoms with E-state index in [-0.39, 0.29) is 0 Å². The second kappa shape index (κ2) is 5.70. The van der Waals surface area contributed by atoms with Crippen LogP contribution in [0.15, 0.2) is 30.6 Å². The Hall–Kier alpha value is -0.890. The minimum atomic E-state index is 0.305. The number of hydrogen-bond acceptors (Lipinski definition) is 1. The number of rotatable bonds is 5. The van der Waals surface area contributed by atoms with Crippen LogP contribution in [-0.4, -0.2) is 11.7 Å². The molecule has 13 heavy (non-hydrogen) atoms. The van der Waals surface area contributed by atoms with Gasteiger partial charge in [0, 0.05) is 25.2 Å². The molecule has 1 heterocycles. The van der Waals surface area contributed by atoms with Gasteiger partial charge in [0.15, 0.2) is 12.4 Å². The fourth-order valence-electron chi connectivity index (χ4n) is 1.30. The maximum absolute atomic E-state index is 8.83. The maximum atomic E-state index is 8.83. The minimum absolute atomic E-state index is 0.305. The molecule has 1 atom stereocenters. The molecule has 0 saturated heterocycles. The lowest BCUT2D eigenvalue weighted by Crippen LogP contribution is -2.32. The second-order valence-electron chi connectivity index (χ2n) is 3.54. The first-order valence-electron chi connectivity index (χ1n) is 4.88. The van der Waals surface area contributed by atoms with E-state index >= 15 is 0 Å². The van der Waals surface area contributed by atoms with Crippen molar-refractivity contribution >= 4 is 0 Å². The van der Waals surface area contributed by atoms with Gasteiger partial charge in [-0.25, -0.2) is 4.57 Å². The fourth-order valence-corrected chi connectivity index (χ4v) is 1.30. The molecule has 1 N–H and O–H groups in total. The van der Waals surface area contributed by atoms with E-state index in [1.165, 1.54) is 0 Å². The maximum Gasteiger partial charge on any atom is 0.168 e. The summed E-state index contributed by atoms with van der Waals surface area (Å²) < 4.78 is 2.17. The minimum Gasteiger partial charge on any atom is -0.396 e. The Balaban J connectivity index is 2.20. The molecule has 0 saturated carbocycles. The molecule has 0 spiro atoms. The molecule has 1 aromatic rings. The van der Waals surface area contributed by atoms with Crippen LogP contribution in [0.3, 0.4) is 0 Å². The summed E-state index contributed by atoms with van der Waals surface area (Å²) in [7, 11) is 0. The Morgan fingerprint density at radius 1 is 1.23 bits per heavy atom. The SMILES string of the molecule is CC(CO)CCC[n+]1ccccc1. The Labute approximate surface area is 79.8 Å². The molecule has 0 radical (unpaired) electrons. The van der Waals surface area contributed by atoms with E-state index in [4.69, 9.17) is 5.11 Å². The highest BCUT2D eigenvalue weighted by atomic mass is 16.3. The number of aliphatic hydroxyl groups excluding tert-OH is 1. The van der Waals surface area contributed by atoms with Crippen molar-refractivity contribution in [2.45, 2.75) is 26.3 Å². The second-order valence-corrected chi connectivity index (χ2v) is 3.54. The van der Waals surface area contributed by atoms with E-state index in [2.05, 4.69) is 23.9 Å². The summed E-state index contributed by atoms with van der Waals surface area (Å²) in [6.45, 7) is 3.43. The highest BCUT2D eigenvalue weighted by Gasteiger charge is 2.02. The van der Waals surface area contributed by atoms with Gasteiger partial charge in [0.2, 0.25) is 0 Å². The number of pyridine rings is 1. The van der Waals surface area contributed by atoms with Crippen molar-refractivity contribution < 1.29 is 9.67 Å². The molecule has 0 amide bonds. The summed E-state index contributed by atoms with van der Waals surface area (Å²) in [4.78, 5) is 0. The largest absolute Gasteiger partial charge is 0.396 e. The van der Waals surface area contributed by atoms with E-state index in [1.54, 1.807) is 0 Å². The third-order valence-corrected chi connectivity index (χ3v) is 2.20. The normalized spacial score (nSPS) is 12.8. The molecule has 0 fully saturated rings. The van der Waals surface area contributed by atoms with E-state index in [1.807, 2.05) is 18.2 Å². The van der Waals surface area contributed by atoms with Crippen LogP contribution < -0.4 is 4.57 Å². The van der Waals surface area contributed by atoms with Gasteiger partial charge in [-0.3, -0.25) is 0 Å². The third kappa shape index (κ3) is 4.04. The lowest BCUT2D eigenvalue weighted by atomic mass is 10.1. The van der Waals surface area contributed by atoms with E-state index in [0.29, 0.717) is 12.5 Å². The number of aryl methyl sites for hydroxylation is 1. The highest BCUT2D eigenvalue weighted by molar-refractivity contribution is 4.83. The van der Waals surface area contributed by atoms with Gasteiger partial charge < -0.3 is 5.11 Å². The zero-order chi connectivity index (χ0) is 9.52. The van der Waals surface area contributed by atoms with Crippen LogP contribution in [-0.2, 0) is 6.54 Å². The van der Waals surface area contributed by atoms with Crippen molar-refractivity contribution in [3.8, 4) is 0 Å². The first-order chi connectivity index (χ1) is 6.33. The van der Waals surface area contributed by atoms with Crippen molar-refractivity contribution in [3.63, 3.8) is 0 Å². The molecule has 0 aliphatic rings. The lowest BCUT2D eigenvalue weighted by molar-refractivity contribution is -0.697. The quantitative estimate of drug-likeness (QED) is 0.680. The molecule has 1 unspecified atom stereocenters. The Morgan fingerprint density at radius 2 is 1.92 bits per heavy atom. The van der Waals surface area contributed by atoms with Crippen LogP contribution in [0.4, 0.5) is 0 Å². The van der Waals surface area contributed by atoms with Gasteiger partial charge in [0.05, 0.1) is 0 Å². The first-order valence-corrected chi connectivity index (χ1v) is 4.88. The molecular weight excluding hydrogens is 162 g/mol. The summed E-state index contributed by atoms with van der Waals surface area (Å²) in [6.07, 6.45) is 6.38. The topological polar surface area (TPSA) is 24.1 Å². The average molecular weight is 180 g/mol. The summed E-state index contributed by atoms with van der Waals surface area (Å²) in [5.41, 5.74) is 0. The van der Waals surface area contributed by atoms with Gasteiger partial charge in [-0.05, 0) is 12.3 Å². The van der Waals surface area contributed by atoms with Crippen molar-refractivity contribution in [1.29, 1.82) is 0 Å².